The molecule has 0 amide bonds. The first-order valence-electron chi connectivity index (χ1n) is 8.76. The van der Waals surface area contributed by atoms with Gasteiger partial charge in [0.25, 0.3) is 0 Å². The van der Waals surface area contributed by atoms with Crippen LogP contribution in [0.5, 0.6) is 0 Å². The lowest BCUT2D eigenvalue weighted by Crippen LogP contribution is -3.00. The van der Waals surface area contributed by atoms with Crippen molar-refractivity contribution in [1.82, 2.24) is 0 Å². The monoisotopic (exact) mass is 355 g/mol. The summed E-state index contributed by atoms with van der Waals surface area (Å²) >= 11 is 0. The van der Waals surface area contributed by atoms with Crippen LogP contribution in [0.3, 0.4) is 0 Å². The molecule has 0 heterocycles. The minimum atomic E-state index is -2.83. The van der Waals surface area contributed by atoms with Crippen molar-refractivity contribution < 1.29 is 25.3 Å². The van der Waals surface area contributed by atoms with Crippen LogP contribution in [0.25, 0.3) is 0 Å². The molecule has 0 aliphatic carbocycles. The van der Waals surface area contributed by atoms with Gasteiger partial charge in [-0.15, -0.1) is 0 Å². The van der Waals surface area contributed by atoms with Crippen LogP contribution in [0.1, 0.15) is 71.1 Å². The Morgan fingerprint density at radius 1 is 0.727 bits per heavy atom. The fourth-order valence-electron chi connectivity index (χ4n) is 2.55. The van der Waals surface area contributed by atoms with Crippen molar-refractivity contribution in [2.24, 2.45) is 0 Å². The van der Waals surface area contributed by atoms with Gasteiger partial charge in [-0.2, -0.15) is 0 Å². The first-order valence-corrected chi connectivity index (χ1v) is 10.8. The van der Waals surface area contributed by atoms with Crippen LogP contribution in [0.4, 0.5) is 0 Å². The first kappa shape index (κ1) is 24.5. The molecule has 0 aromatic rings. The van der Waals surface area contributed by atoms with Gasteiger partial charge >= 0.3 is 0 Å². The summed E-state index contributed by atoms with van der Waals surface area (Å²) in [5.74, 6) is 0.303. The second-order valence-corrected chi connectivity index (χ2v) is 9.45. The van der Waals surface area contributed by atoms with Crippen LogP contribution < -0.4 is 12.4 Å². The average Bonchev–Trinajstić information content (AvgIpc) is 2.38. The van der Waals surface area contributed by atoms with E-state index in [2.05, 4.69) is 21.0 Å². The third kappa shape index (κ3) is 18.2. The van der Waals surface area contributed by atoms with Crippen molar-refractivity contribution in [3.8, 4) is 0 Å². The van der Waals surface area contributed by atoms with Gasteiger partial charge in [-0.25, -0.2) is 8.42 Å². The van der Waals surface area contributed by atoms with Gasteiger partial charge in [0.1, 0.15) is 0 Å². The summed E-state index contributed by atoms with van der Waals surface area (Å²) in [4.78, 5) is 0. The van der Waals surface area contributed by atoms with Crippen molar-refractivity contribution in [3.05, 3.63) is 0 Å². The molecule has 0 aliphatic rings. The Hall–Kier alpha value is 0.200. The largest absolute Gasteiger partial charge is 1.00 e. The van der Waals surface area contributed by atoms with Crippen molar-refractivity contribution in [2.75, 3.05) is 39.2 Å². The molecule has 0 spiro atoms. The van der Waals surface area contributed by atoms with Gasteiger partial charge in [0.05, 0.1) is 32.9 Å². The van der Waals surface area contributed by atoms with Crippen LogP contribution in [-0.4, -0.2) is 52.1 Å². The summed E-state index contributed by atoms with van der Waals surface area (Å²) in [6.07, 6.45) is 14.8. The van der Waals surface area contributed by atoms with E-state index in [1.54, 1.807) is 0 Å². The number of hydrogen-bond acceptors (Lipinski definition) is 2. The number of quaternary nitrogens is 1. The zero-order chi connectivity index (χ0) is 16.2. The van der Waals surface area contributed by atoms with E-state index in [1.807, 2.05) is 0 Å². The highest BCUT2D eigenvalue weighted by Gasteiger charge is 2.17. The molecule has 0 rings (SSSR count). The maximum Gasteiger partial charge on any atom is 0.152 e. The molecule has 0 saturated carbocycles. The van der Waals surface area contributed by atoms with Crippen molar-refractivity contribution in [3.63, 3.8) is 0 Å². The Kier molecular flexibility index (Phi) is 15.1. The van der Waals surface area contributed by atoms with Gasteiger partial charge in [-0.1, -0.05) is 58.3 Å². The van der Waals surface area contributed by atoms with Crippen molar-refractivity contribution >= 4 is 9.84 Å². The predicted molar refractivity (Wildman–Crippen MR) is 93.4 cm³/mol. The normalized spacial score (nSPS) is 12.2. The number of hydrogen-bond donors (Lipinski definition) is 0. The Labute approximate surface area is 145 Å². The molecular formula is C17H38ClNO2S. The molecular weight excluding hydrogens is 318 g/mol. The second-order valence-electron chi connectivity index (χ2n) is 7.19. The van der Waals surface area contributed by atoms with Crippen LogP contribution in [0.2, 0.25) is 0 Å². The van der Waals surface area contributed by atoms with Gasteiger partial charge < -0.3 is 16.9 Å². The summed E-state index contributed by atoms with van der Waals surface area (Å²) in [5, 5.41) is 0. The molecule has 0 aromatic heterocycles. The zero-order valence-electron chi connectivity index (χ0n) is 15.2. The van der Waals surface area contributed by atoms with Gasteiger partial charge in [-0.3, -0.25) is 0 Å². The first-order chi connectivity index (χ1) is 9.77. The van der Waals surface area contributed by atoms with E-state index in [0.29, 0.717) is 5.75 Å². The molecule has 0 aliphatic heterocycles. The van der Waals surface area contributed by atoms with E-state index in [4.69, 9.17) is 0 Å². The van der Waals surface area contributed by atoms with E-state index < -0.39 is 9.84 Å². The summed E-state index contributed by atoms with van der Waals surface area (Å²) < 4.78 is 23.2. The second kappa shape index (κ2) is 13.6. The van der Waals surface area contributed by atoms with Crippen LogP contribution in [0.15, 0.2) is 0 Å². The Morgan fingerprint density at radius 2 is 1.14 bits per heavy atom. The zero-order valence-corrected chi connectivity index (χ0v) is 16.8. The van der Waals surface area contributed by atoms with E-state index in [0.717, 1.165) is 17.6 Å². The van der Waals surface area contributed by atoms with Gasteiger partial charge in [0, 0.05) is 6.26 Å². The Morgan fingerprint density at radius 3 is 1.55 bits per heavy atom. The summed E-state index contributed by atoms with van der Waals surface area (Å²) in [6, 6.07) is 0. The Balaban J connectivity index is 0. The molecule has 0 unspecified atom stereocenters. The number of unbranched alkanes of at least 4 members (excludes halogenated alkanes) is 9. The highest BCUT2D eigenvalue weighted by molar-refractivity contribution is 7.90. The Bertz CT molecular complexity index is 343. The van der Waals surface area contributed by atoms with Gasteiger partial charge in [0.2, 0.25) is 0 Å². The maximum atomic E-state index is 11.2. The van der Waals surface area contributed by atoms with Gasteiger partial charge in [-0.05, 0) is 12.8 Å². The highest BCUT2D eigenvalue weighted by atomic mass is 35.5. The molecule has 5 heteroatoms. The lowest BCUT2D eigenvalue weighted by Gasteiger charge is -2.29. The van der Waals surface area contributed by atoms with Crippen molar-refractivity contribution in [2.45, 2.75) is 71.1 Å². The standard InChI is InChI=1S/C17H38NO2S.ClH/c1-5-6-7-8-9-10-11-12-13-14-15-18(2,3)16-17-21(4,19)20;/h5-17H2,1-4H3;1H/q+1;/p-1. The van der Waals surface area contributed by atoms with E-state index >= 15 is 0 Å². The summed E-state index contributed by atoms with van der Waals surface area (Å²) in [5.41, 5.74) is 0. The van der Waals surface area contributed by atoms with Crippen LogP contribution in [0, 0.1) is 0 Å². The molecule has 0 atom stereocenters. The van der Waals surface area contributed by atoms with Crippen molar-refractivity contribution in [1.29, 1.82) is 0 Å². The summed E-state index contributed by atoms with van der Waals surface area (Å²) in [6.45, 7) is 4.08. The third-order valence-electron chi connectivity index (χ3n) is 4.18. The van der Waals surface area contributed by atoms with E-state index in [-0.39, 0.29) is 12.4 Å². The summed E-state index contributed by atoms with van der Waals surface area (Å²) in [7, 11) is 1.45. The SMILES string of the molecule is CCCCCCCCCCCC[N+](C)(C)CCS(C)(=O)=O.[Cl-]. The van der Waals surface area contributed by atoms with Gasteiger partial charge in [0.15, 0.2) is 9.84 Å². The third-order valence-corrected chi connectivity index (χ3v) is 5.11. The minimum absolute atomic E-state index is 0. The number of sulfone groups is 1. The van der Waals surface area contributed by atoms with E-state index in [1.165, 1.54) is 70.5 Å². The quantitative estimate of drug-likeness (QED) is 0.344. The average molecular weight is 356 g/mol. The van der Waals surface area contributed by atoms with E-state index in [9.17, 15) is 8.42 Å². The highest BCUT2D eigenvalue weighted by Crippen LogP contribution is 2.11. The molecule has 136 valence electrons. The molecule has 3 nitrogen and oxygen atoms in total. The fourth-order valence-corrected chi connectivity index (χ4v) is 3.38. The molecule has 0 radical (unpaired) electrons. The van der Waals surface area contributed by atoms with Crippen LogP contribution in [-0.2, 0) is 9.84 Å². The minimum Gasteiger partial charge on any atom is -1.00 e. The number of rotatable bonds is 14. The fraction of sp³-hybridized carbons (Fsp3) is 1.00. The molecule has 0 fully saturated rings. The molecule has 0 aromatic carbocycles. The lowest BCUT2D eigenvalue weighted by atomic mass is 10.1. The number of halogens is 1. The molecule has 22 heavy (non-hydrogen) atoms. The molecule has 0 bridgehead atoms. The predicted octanol–water partition coefficient (Wildman–Crippen LogP) is 1.03. The number of nitrogens with zero attached hydrogens (tertiary/aromatic N) is 1. The topological polar surface area (TPSA) is 34.1 Å². The van der Waals surface area contributed by atoms with Crippen LogP contribution >= 0.6 is 0 Å². The molecule has 0 saturated heterocycles. The maximum absolute atomic E-state index is 11.2. The lowest BCUT2D eigenvalue weighted by molar-refractivity contribution is -0.888. The molecule has 0 N–H and O–H groups in total. The smallest absolute Gasteiger partial charge is 0.152 e.